The average molecular weight is 306 g/mol. The number of sulfonamides is 1. The lowest BCUT2D eigenvalue weighted by Crippen LogP contribution is -2.27. The van der Waals surface area contributed by atoms with E-state index in [4.69, 9.17) is 0 Å². The van der Waals surface area contributed by atoms with Gasteiger partial charge in [-0.15, -0.1) is 0 Å². The van der Waals surface area contributed by atoms with Gasteiger partial charge in [0.1, 0.15) is 5.82 Å². The summed E-state index contributed by atoms with van der Waals surface area (Å²) in [5.74, 6) is -0.564. The van der Waals surface area contributed by atoms with Crippen molar-refractivity contribution < 1.29 is 12.8 Å². The van der Waals surface area contributed by atoms with Crippen LogP contribution in [0.4, 0.5) is 15.8 Å². The topological polar surface area (TPSA) is 49.4 Å². The highest BCUT2D eigenvalue weighted by atomic mass is 32.2. The summed E-state index contributed by atoms with van der Waals surface area (Å²) >= 11 is 0. The monoisotopic (exact) mass is 306 g/mol. The first-order chi connectivity index (χ1) is 10.00. The van der Waals surface area contributed by atoms with Gasteiger partial charge in [-0.05, 0) is 42.3 Å². The van der Waals surface area contributed by atoms with E-state index in [1.807, 2.05) is 0 Å². The fourth-order valence-corrected chi connectivity index (χ4v) is 3.69. The Morgan fingerprint density at radius 3 is 2.71 bits per heavy atom. The first kappa shape index (κ1) is 13.9. The van der Waals surface area contributed by atoms with E-state index in [-0.39, 0.29) is 10.6 Å². The lowest BCUT2D eigenvalue weighted by Gasteiger charge is -2.20. The molecule has 1 N–H and O–H groups in total. The first-order valence-corrected chi connectivity index (χ1v) is 8.04. The zero-order chi connectivity index (χ0) is 15.0. The van der Waals surface area contributed by atoms with Gasteiger partial charge in [0.25, 0.3) is 10.0 Å². The van der Waals surface area contributed by atoms with Crippen molar-refractivity contribution in [3.8, 4) is 0 Å². The zero-order valence-electron chi connectivity index (χ0n) is 11.5. The van der Waals surface area contributed by atoms with Crippen LogP contribution >= 0.6 is 0 Å². The van der Waals surface area contributed by atoms with E-state index in [9.17, 15) is 12.8 Å². The van der Waals surface area contributed by atoms with Gasteiger partial charge in [-0.25, -0.2) is 12.8 Å². The largest absolute Gasteiger partial charge is 0.384 e. The standard InChI is InChI=1S/C15H15FN2O2S/c1-18(15-5-3-2-4-13(15)16)21(19,20)12-6-7-14-11(10-12)8-9-17-14/h2-7,10,17H,8-9H2,1H3. The van der Waals surface area contributed by atoms with E-state index < -0.39 is 15.8 Å². The minimum absolute atomic E-state index is 0.0381. The molecule has 0 fully saturated rings. The number of para-hydroxylation sites is 1. The Labute approximate surface area is 123 Å². The maximum atomic E-state index is 13.8. The minimum Gasteiger partial charge on any atom is -0.384 e. The Balaban J connectivity index is 2.02. The van der Waals surface area contributed by atoms with Crippen LogP contribution in [0, 0.1) is 5.82 Å². The van der Waals surface area contributed by atoms with Gasteiger partial charge in [0, 0.05) is 19.3 Å². The fraction of sp³-hybridized carbons (Fsp3) is 0.200. The molecule has 0 radical (unpaired) electrons. The van der Waals surface area contributed by atoms with Crippen molar-refractivity contribution in [3.63, 3.8) is 0 Å². The first-order valence-electron chi connectivity index (χ1n) is 6.60. The molecule has 21 heavy (non-hydrogen) atoms. The molecule has 0 saturated carbocycles. The van der Waals surface area contributed by atoms with Crippen molar-refractivity contribution in [1.82, 2.24) is 0 Å². The second-order valence-corrected chi connectivity index (χ2v) is 6.89. The predicted molar refractivity (Wildman–Crippen MR) is 80.6 cm³/mol. The molecule has 110 valence electrons. The summed E-state index contributed by atoms with van der Waals surface area (Å²) < 4.78 is 40.0. The molecule has 0 atom stereocenters. The molecular weight excluding hydrogens is 291 g/mol. The van der Waals surface area contributed by atoms with E-state index >= 15 is 0 Å². The molecule has 1 aliphatic rings. The normalized spacial score (nSPS) is 13.6. The maximum Gasteiger partial charge on any atom is 0.264 e. The second kappa shape index (κ2) is 5.04. The molecule has 0 spiro atoms. The van der Waals surface area contributed by atoms with E-state index in [1.54, 1.807) is 24.3 Å². The lowest BCUT2D eigenvalue weighted by atomic mass is 10.2. The Hall–Kier alpha value is -2.08. The summed E-state index contributed by atoms with van der Waals surface area (Å²) in [5.41, 5.74) is 1.97. The molecule has 3 rings (SSSR count). The van der Waals surface area contributed by atoms with Crippen molar-refractivity contribution in [2.45, 2.75) is 11.3 Å². The average Bonchev–Trinajstić information content (AvgIpc) is 2.94. The van der Waals surface area contributed by atoms with Crippen LogP contribution in [-0.2, 0) is 16.4 Å². The summed E-state index contributed by atoms with van der Waals surface area (Å²) in [4.78, 5) is 0.177. The molecule has 1 aliphatic heterocycles. The Kier molecular flexibility index (Phi) is 3.33. The smallest absolute Gasteiger partial charge is 0.264 e. The van der Waals surface area contributed by atoms with Crippen LogP contribution < -0.4 is 9.62 Å². The Bertz CT molecular complexity index is 790. The van der Waals surface area contributed by atoms with E-state index in [2.05, 4.69) is 5.32 Å². The highest BCUT2D eigenvalue weighted by Crippen LogP contribution is 2.29. The van der Waals surface area contributed by atoms with E-state index in [0.717, 1.165) is 28.5 Å². The number of halogens is 1. The minimum atomic E-state index is -3.77. The molecule has 0 aliphatic carbocycles. The number of nitrogens with zero attached hydrogens (tertiary/aromatic N) is 1. The van der Waals surface area contributed by atoms with Crippen molar-refractivity contribution >= 4 is 21.4 Å². The summed E-state index contributed by atoms with van der Waals surface area (Å²) in [7, 11) is -2.41. The van der Waals surface area contributed by atoms with Crippen LogP contribution in [0.2, 0.25) is 0 Å². The Morgan fingerprint density at radius 1 is 1.19 bits per heavy atom. The lowest BCUT2D eigenvalue weighted by molar-refractivity contribution is 0.589. The number of anilines is 2. The van der Waals surface area contributed by atoms with Gasteiger partial charge in [0.15, 0.2) is 0 Å². The molecule has 0 unspecified atom stereocenters. The van der Waals surface area contributed by atoms with E-state index in [0.29, 0.717) is 0 Å². The van der Waals surface area contributed by atoms with Crippen molar-refractivity contribution in [3.05, 3.63) is 53.8 Å². The number of fused-ring (bicyclic) bond motifs is 1. The summed E-state index contributed by atoms with van der Waals surface area (Å²) in [6.07, 6.45) is 0.794. The fourth-order valence-electron chi connectivity index (χ4n) is 2.44. The number of hydrogen-bond acceptors (Lipinski definition) is 3. The van der Waals surface area contributed by atoms with Crippen LogP contribution in [0.15, 0.2) is 47.4 Å². The van der Waals surface area contributed by atoms with Crippen LogP contribution in [0.25, 0.3) is 0 Å². The number of rotatable bonds is 3. The van der Waals surface area contributed by atoms with Gasteiger partial charge < -0.3 is 5.32 Å². The number of hydrogen-bond donors (Lipinski definition) is 1. The molecule has 1 heterocycles. The van der Waals surface area contributed by atoms with Crippen LogP contribution in [0.5, 0.6) is 0 Å². The highest BCUT2D eigenvalue weighted by molar-refractivity contribution is 7.92. The van der Waals surface area contributed by atoms with Gasteiger partial charge in [0.05, 0.1) is 10.6 Å². The summed E-state index contributed by atoms with van der Waals surface area (Å²) in [5, 5.41) is 3.18. The third-order valence-electron chi connectivity index (χ3n) is 3.64. The predicted octanol–water partition coefficient (Wildman–Crippen LogP) is 2.62. The molecule has 2 aromatic rings. The van der Waals surface area contributed by atoms with E-state index in [1.165, 1.54) is 25.2 Å². The molecule has 0 aromatic heterocycles. The van der Waals surface area contributed by atoms with Gasteiger partial charge in [-0.1, -0.05) is 12.1 Å². The number of nitrogens with one attached hydrogen (secondary N) is 1. The molecule has 6 heteroatoms. The van der Waals surface area contributed by atoms with Crippen molar-refractivity contribution in [1.29, 1.82) is 0 Å². The SMILES string of the molecule is CN(c1ccccc1F)S(=O)(=O)c1ccc2c(c1)CCN2. The van der Waals surface area contributed by atoms with Gasteiger partial charge >= 0.3 is 0 Å². The molecular formula is C15H15FN2O2S. The number of benzene rings is 2. The van der Waals surface area contributed by atoms with Crippen molar-refractivity contribution in [2.75, 3.05) is 23.2 Å². The highest BCUT2D eigenvalue weighted by Gasteiger charge is 2.24. The molecule has 2 aromatic carbocycles. The van der Waals surface area contributed by atoms with Crippen LogP contribution in [-0.4, -0.2) is 22.0 Å². The van der Waals surface area contributed by atoms with Crippen LogP contribution in [0.1, 0.15) is 5.56 Å². The quantitative estimate of drug-likeness (QED) is 0.948. The second-order valence-electron chi connectivity index (χ2n) is 4.92. The Morgan fingerprint density at radius 2 is 1.95 bits per heavy atom. The van der Waals surface area contributed by atoms with Gasteiger partial charge in [-0.3, -0.25) is 4.31 Å². The van der Waals surface area contributed by atoms with Crippen molar-refractivity contribution in [2.24, 2.45) is 0 Å². The van der Waals surface area contributed by atoms with Gasteiger partial charge in [0.2, 0.25) is 0 Å². The van der Waals surface area contributed by atoms with Crippen LogP contribution in [0.3, 0.4) is 0 Å². The molecule has 0 saturated heterocycles. The third kappa shape index (κ3) is 2.35. The summed E-state index contributed by atoms with van der Waals surface area (Å²) in [6.45, 7) is 0.808. The third-order valence-corrected chi connectivity index (χ3v) is 5.40. The molecule has 0 bridgehead atoms. The van der Waals surface area contributed by atoms with Gasteiger partial charge in [-0.2, -0.15) is 0 Å². The molecule has 0 amide bonds. The maximum absolute atomic E-state index is 13.8. The summed E-state index contributed by atoms with van der Waals surface area (Å²) in [6, 6.07) is 10.8. The molecule has 4 nitrogen and oxygen atoms in total. The zero-order valence-corrected chi connectivity index (χ0v) is 12.3.